The first kappa shape index (κ1) is 23.7. The maximum absolute atomic E-state index is 10.0. The second-order valence-corrected chi connectivity index (χ2v) is 8.12. The Hall–Kier alpha value is 0.439. The number of rotatable bonds is 4. The Labute approximate surface area is 178 Å². The van der Waals surface area contributed by atoms with E-state index in [2.05, 4.69) is 0 Å². The molecule has 27 heavy (non-hydrogen) atoms. The third-order valence-electron chi connectivity index (χ3n) is 6.25. The van der Waals surface area contributed by atoms with Gasteiger partial charge in [0.1, 0.15) is 0 Å². The molecule has 0 amide bonds. The van der Waals surface area contributed by atoms with Crippen LogP contribution in [-0.2, 0) is 17.1 Å². The van der Waals surface area contributed by atoms with E-state index < -0.39 is 0 Å². The Morgan fingerprint density at radius 1 is 0.556 bits per heavy atom. The van der Waals surface area contributed by atoms with Crippen LogP contribution in [-0.4, -0.2) is 22.4 Å². The van der Waals surface area contributed by atoms with E-state index >= 15 is 0 Å². The molecule has 2 atom stereocenters. The Balaban J connectivity index is 0.000000187. The fourth-order valence-electron chi connectivity index (χ4n) is 4.62. The molecule has 2 nitrogen and oxygen atoms in total. The van der Waals surface area contributed by atoms with Gasteiger partial charge in [0.2, 0.25) is 0 Å². The first-order valence-corrected chi connectivity index (χ1v) is 10.5. The largest absolute Gasteiger partial charge is 2.00 e. The van der Waals surface area contributed by atoms with E-state index in [0.717, 1.165) is 11.8 Å². The molecule has 2 N–H and O–H groups in total. The summed E-state index contributed by atoms with van der Waals surface area (Å²) in [5.41, 5.74) is 0. The van der Waals surface area contributed by atoms with E-state index in [9.17, 15) is 10.2 Å². The van der Waals surface area contributed by atoms with Gasteiger partial charge in [0.25, 0.3) is 0 Å². The molecule has 4 fully saturated rings. The summed E-state index contributed by atoms with van der Waals surface area (Å²) in [6.45, 7) is 0. The molecular weight excluding hydrogens is 376 g/mol. The van der Waals surface area contributed by atoms with Crippen LogP contribution < -0.4 is 0 Å². The van der Waals surface area contributed by atoms with Crippen molar-refractivity contribution in [2.45, 2.75) is 76.4 Å². The third kappa shape index (κ3) is 7.32. The molecule has 10 radical (unpaired) electrons. The molecule has 0 aromatic rings. The maximum Gasteiger partial charge on any atom is 2.00 e. The number of hydrogen-bond donors (Lipinski definition) is 2. The van der Waals surface area contributed by atoms with Crippen LogP contribution in [0.25, 0.3) is 0 Å². The summed E-state index contributed by atoms with van der Waals surface area (Å²) >= 11 is 0. The summed E-state index contributed by atoms with van der Waals surface area (Å²) in [5, 5.41) is 20.1. The van der Waals surface area contributed by atoms with Crippen LogP contribution >= 0.6 is 0 Å². The molecule has 2 unspecified atom stereocenters. The van der Waals surface area contributed by atoms with E-state index in [4.69, 9.17) is 0 Å². The zero-order chi connectivity index (χ0) is 18.2. The summed E-state index contributed by atoms with van der Waals surface area (Å²) in [6.07, 6.45) is 28.4. The second kappa shape index (κ2) is 12.9. The fourth-order valence-corrected chi connectivity index (χ4v) is 4.62. The molecule has 0 aromatic heterocycles. The van der Waals surface area contributed by atoms with Gasteiger partial charge in [-0.3, -0.25) is 0 Å². The van der Waals surface area contributed by atoms with Gasteiger partial charge in [0.15, 0.2) is 0 Å². The molecule has 0 bridgehead atoms. The van der Waals surface area contributed by atoms with Crippen molar-refractivity contribution in [3.63, 3.8) is 0 Å². The molecule has 0 saturated heterocycles. The van der Waals surface area contributed by atoms with Crippen LogP contribution in [0.5, 0.6) is 0 Å². The number of aliphatic hydroxyl groups excluding tert-OH is 2. The van der Waals surface area contributed by atoms with Crippen molar-refractivity contribution in [1.82, 2.24) is 0 Å². The summed E-state index contributed by atoms with van der Waals surface area (Å²) in [5.74, 6) is 3.23. The molecular formula is C24H34FeO2+2. The predicted molar refractivity (Wildman–Crippen MR) is 106 cm³/mol. The molecule has 4 aliphatic carbocycles. The molecule has 3 heteroatoms. The van der Waals surface area contributed by atoms with E-state index in [1.165, 1.54) is 64.2 Å². The molecule has 0 heterocycles. The zero-order valence-corrected chi connectivity index (χ0v) is 17.4. The fraction of sp³-hybridized carbons (Fsp3) is 0.583. The maximum atomic E-state index is 10.0. The van der Waals surface area contributed by atoms with Crippen molar-refractivity contribution in [2.75, 3.05) is 0 Å². The minimum atomic E-state index is -0.213. The van der Waals surface area contributed by atoms with Gasteiger partial charge in [-0.15, -0.1) is 0 Å². The minimum Gasteiger partial charge on any atom is -0.392 e. The Bertz CT molecular complexity index is 329. The number of aliphatic hydroxyl groups is 2. The second-order valence-electron chi connectivity index (χ2n) is 8.12. The van der Waals surface area contributed by atoms with E-state index in [1.807, 2.05) is 51.4 Å². The van der Waals surface area contributed by atoms with Crippen molar-refractivity contribution in [3.8, 4) is 0 Å². The first-order chi connectivity index (χ1) is 12.8. The van der Waals surface area contributed by atoms with Crippen LogP contribution in [0, 0.1) is 75.0 Å². The Morgan fingerprint density at radius 2 is 0.852 bits per heavy atom. The van der Waals surface area contributed by atoms with Crippen LogP contribution in [0.1, 0.15) is 64.2 Å². The average molecular weight is 410 g/mol. The Kier molecular flexibility index (Phi) is 11.3. The van der Waals surface area contributed by atoms with Gasteiger partial charge in [-0.1, -0.05) is 38.5 Å². The van der Waals surface area contributed by atoms with Gasteiger partial charge in [-0.25, -0.2) is 0 Å². The normalized spacial score (nSPS) is 28.2. The number of hydrogen-bond acceptors (Lipinski definition) is 2. The third-order valence-corrected chi connectivity index (χ3v) is 6.25. The van der Waals surface area contributed by atoms with Crippen LogP contribution in [0.2, 0.25) is 0 Å². The zero-order valence-electron chi connectivity index (χ0n) is 16.2. The first-order valence-electron chi connectivity index (χ1n) is 10.5. The van der Waals surface area contributed by atoms with Crippen molar-refractivity contribution < 1.29 is 27.3 Å². The minimum absolute atomic E-state index is 0. The summed E-state index contributed by atoms with van der Waals surface area (Å²) in [4.78, 5) is 0. The summed E-state index contributed by atoms with van der Waals surface area (Å²) in [6, 6.07) is 0. The van der Waals surface area contributed by atoms with Crippen molar-refractivity contribution in [3.05, 3.63) is 63.2 Å². The van der Waals surface area contributed by atoms with E-state index in [0.29, 0.717) is 11.8 Å². The van der Waals surface area contributed by atoms with Crippen molar-refractivity contribution in [1.29, 1.82) is 0 Å². The standard InChI is InChI=1S/2C12H17O.Fe/c2*13-12(11-8-4-5-9-11)10-6-2-1-3-7-10;/h2*4-5,8-10,12-13H,1-3,6-7H2;/q;;+2. The summed E-state index contributed by atoms with van der Waals surface area (Å²) < 4.78 is 0. The van der Waals surface area contributed by atoms with Crippen molar-refractivity contribution >= 4 is 0 Å². The smallest absolute Gasteiger partial charge is 0.392 e. The Morgan fingerprint density at radius 3 is 1.15 bits per heavy atom. The molecule has 148 valence electrons. The molecule has 4 rings (SSSR count). The quantitative estimate of drug-likeness (QED) is 0.662. The molecule has 4 aliphatic rings. The van der Waals surface area contributed by atoms with Gasteiger partial charge in [0.05, 0.1) is 12.2 Å². The van der Waals surface area contributed by atoms with Gasteiger partial charge < -0.3 is 10.2 Å². The summed E-state index contributed by atoms with van der Waals surface area (Å²) in [7, 11) is 0. The molecule has 0 aliphatic heterocycles. The average Bonchev–Trinajstić information content (AvgIpc) is 3.43. The molecule has 0 aromatic carbocycles. The van der Waals surface area contributed by atoms with Crippen LogP contribution in [0.15, 0.2) is 0 Å². The predicted octanol–water partition coefficient (Wildman–Crippen LogP) is 4.66. The van der Waals surface area contributed by atoms with Gasteiger partial charge in [-0.2, -0.15) is 0 Å². The molecule has 0 spiro atoms. The SMILES string of the molecule is OC([C]1[CH][CH][CH][CH]1)C1CCCCC1.OC([C]1[CH][CH][CH][CH]1)C1CCCCC1.[Fe+2]. The van der Waals surface area contributed by atoms with Crippen LogP contribution in [0.4, 0.5) is 0 Å². The van der Waals surface area contributed by atoms with Crippen LogP contribution in [0.3, 0.4) is 0 Å². The van der Waals surface area contributed by atoms with Crippen molar-refractivity contribution in [2.24, 2.45) is 11.8 Å². The van der Waals surface area contributed by atoms with E-state index in [-0.39, 0.29) is 29.3 Å². The van der Waals surface area contributed by atoms with Gasteiger partial charge >= 0.3 is 17.1 Å². The van der Waals surface area contributed by atoms with Gasteiger partial charge in [0, 0.05) is 11.8 Å². The van der Waals surface area contributed by atoms with E-state index in [1.54, 1.807) is 0 Å². The monoisotopic (exact) mass is 410 g/mol. The van der Waals surface area contributed by atoms with Gasteiger partial charge in [-0.05, 0) is 88.9 Å². The molecule has 4 saturated carbocycles. The topological polar surface area (TPSA) is 40.5 Å².